The first kappa shape index (κ1) is 14.0. The van der Waals surface area contributed by atoms with Gasteiger partial charge in [-0.15, -0.1) is 0 Å². The molecule has 5 heteroatoms. The van der Waals surface area contributed by atoms with E-state index < -0.39 is 5.82 Å². The Balaban J connectivity index is 2.13. The van der Waals surface area contributed by atoms with E-state index in [0.29, 0.717) is 23.5 Å². The standard InChI is InChI=1S/C15H16FNO3/c1-19-13-5-3-4-10(15(13)18)9-17-11-6-7-12(16)14(8-11)20-2/h3-8,17-18H,9H2,1-2H3. The summed E-state index contributed by atoms with van der Waals surface area (Å²) in [7, 11) is 2.91. The van der Waals surface area contributed by atoms with Crippen molar-refractivity contribution in [2.75, 3.05) is 19.5 Å². The zero-order valence-electron chi connectivity index (χ0n) is 11.3. The third-order valence-electron chi connectivity index (χ3n) is 2.94. The average Bonchev–Trinajstić information content (AvgIpc) is 2.47. The number of para-hydroxylation sites is 1. The molecule has 0 amide bonds. The van der Waals surface area contributed by atoms with Crippen molar-refractivity contribution < 1.29 is 19.0 Å². The topological polar surface area (TPSA) is 50.7 Å². The van der Waals surface area contributed by atoms with Crippen LogP contribution in [0.3, 0.4) is 0 Å². The number of aromatic hydroxyl groups is 1. The van der Waals surface area contributed by atoms with Crippen LogP contribution in [-0.4, -0.2) is 19.3 Å². The predicted molar refractivity (Wildman–Crippen MR) is 74.9 cm³/mol. The maximum Gasteiger partial charge on any atom is 0.165 e. The number of phenolic OH excluding ortho intramolecular Hbond substituents is 1. The van der Waals surface area contributed by atoms with E-state index in [1.807, 2.05) is 0 Å². The molecule has 0 saturated heterocycles. The number of hydrogen-bond donors (Lipinski definition) is 2. The van der Waals surface area contributed by atoms with E-state index in [0.717, 1.165) is 0 Å². The number of anilines is 1. The Morgan fingerprint density at radius 2 is 1.85 bits per heavy atom. The molecule has 2 aromatic carbocycles. The number of benzene rings is 2. The van der Waals surface area contributed by atoms with Crippen LogP contribution in [0, 0.1) is 5.82 Å². The van der Waals surface area contributed by atoms with Gasteiger partial charge in [-0.25, -0.2) is 4.39 Å². The van der Waals surface area contributed by atoms with Gasteiger partial charge in [-0.05, 0) is 18.2 Å². The Kier molecular flexibility index (Phi) is 4.30. The SMILES string of the molecule is COc1cc(NCc2cccc(OC)c2O)ccc1F. The van der Waals surface area contributed by atoms with Crippen LogP contribution in [0.1, 0.15) is 5.56 Å². The highest BCUT2D eigenvalue weighted by molar-refractivity contribution is 5.51. The van der Waals surface area contributed by atoms with Gasteiger partial charge < -0.3 is 19.9 Å². The van der Waals surface area contributed by atoms with Crippen molar-refractivity contribution in [2.24, 2.45) is 0 Å². The number of rotatable bonds is 5. The summed E-state index contributed by atoms with van der Waals surface area (Å²) in [6.45, 7) is 0.387. The van der Waals surface area contributed by atoms with Crippen LogP contribution in [-0.2, 0) is 6.54 Å². The van der Waals surface area contributed by atoms with E-state index in [4.69, 9.17) is 9.47 Å². The van der Waals surface area contributed by atoms with Crippen LogP contribution in [0.2, 0.25) is 0 Å². The van der Waals surface area contributed by atoms with Crippen LogP contribution in [0.4, 0.5) is 10.1 Å². The van der Waals surface area contributed by atoms with Gasteiger partial charge in [-0.1, -0.05) is 12.1 Å². The van der Waals surface area contributed by atoms with E-state index in [1.165, 1.54) is 20.3 Å². The highest BCUT2D eigenvalue weighted by Crippen LogP contribution is 2.30. The number of nitrogens with one attached hydrogen (secondary N) is 1. The second kappa shape index (κ2) is 6.14. The summed E-state index contributed by atoms with van der Waals surface area (Å²) < 4.78 is 23.2. The fraction of sp³-hybridized carbons (Fsp3) is 0.200. The predicted octanol–water partition coefficient (Wildman–Crippen LogP) is 3.16. The molecule has 2 N–H and O–H groups in total. The molecule has 0 radical (unpaired) electrons. The van der Waals surface area contributed by atoms with Crippen LogP contribution in [0.5, 0.6) is 17.2 Å². The first-order valence-corrected chi connectivity index (χ1v) is 6.08. The van der Waals surface area contributed by atoms with Gasteiger partial charge in [0.15, 0.2) is 23.1 Å². The fourth-order valence-corrected chi connectivity index (χ4v) is 1.84. The van der Waals surface area contributed by atoms with E-state index in [1.54, 1.807) is 30.3 Å². The van der Waals surface area contributed by atoms with Gasteiger partial charge in [0, 0.05) is 23.9 Å². The number of ether oxygens (including phenoxy) is 2. The minimum Gasteiger partial charge on any atom is -0.504 e. The molecule has 4 nitrogen and oxygen atoms in total. The minimum atomic E-state index is -0.415. The lowest BCUT2D eigenvalue weighted by molar-refractivity contribution is 0.371. The van der Waals surface area contributed by atoms with Crippen molar-refractivity contribution in [1.29, 1.82) is 0 Å². The highest BCUT2D eigenvalue weighted by atomic mass is 19.1. The zero-order chi connectivity index (χ0) is 14.5. The van der Waals surface area contributed by atoms with Crippen LogP contribution >= 0.6 is 0 Å². The average molecular weight is 277 g/mol. The lowest BCUT2D eigenvalue weighted by Gasteiger charge is -2.11. The van der Waals surface area contributed by atoms with Gasteiger partial charge in [0.1, 0.15) is 0 Å². The normalized spacial score (nSPS) is 10.2. The van der Waals surface area contributed by atoms with Gasteiger partial charge in [0.25, 0.3) is 0 Å². The molecule has 0 heterocycles. The number of methoxy groups -OCH3 is 2. The molecule has 0 aromatic heterocycles. The number of phenols is 1. The van der Waals surface area contributed by atoms with Gasteiger partial charge in [-0.3, -0.25) is 0 Å². The molecule has 2 rings (SSSR count). The van der Waals surface area contributed by atoms with Crippen LogP contribution < -0.4 is 14.8 Å². The molecule has 0 aliphatic rings. The van der Waals surface area contributed by atoms with Crippen molar-refractivity contribution in [3.63, 3.8) is 0 Å². The Hall–Kier alpha value is -2.43. The van der Waals surface area contributed by atoms with Crippen molar-refractivity contribution in [1.82, 2.24) is 0 Å². The summed E-state index contributed by atoms with van der Waals surface area (Å²) in [4.78, 5) is 0. The summed E-state index contributed by atoms with van der Waals surface area (Å²) in [6, 6.07) is 9.75. The monoisotopic (exact) mass is 277 g/mol. The summed E-state index contributed by atoms with van der Waals surface area (Å²) in [5.41, 5.74) is 1.39. The molecular weight excluding hydrogens is 261 g/mol. The van der Waals surface area contributed by atoms with Crippen LogP contribution in [0.15, 0.2) is 36.4 Å². The molecule has 0 fully saturated rings. The van der Waals surface area contributed by atoms with E-state index in [-0.39, 0.29) is 11.5 Å². The molecule has 0 atom stereocenters. The molecule has 0 aliphatic carbocycles. The first-order chi connectivity index (χ1) is 9.65. The first-order valence-electron chi connectivity index (χ1n) is 6.08. The molecule has 0 unspecified atom stereocenters. The summed E-state index contributed by atoms with van der Waals surface area (Å²) >= 11 is 0. The molecule has 2 aromatic rings. The maximum atomic E-state index is 13.3. The van der Waals surface area contributed by atoms with Crippen molar-refractivity contribution in [3.05, 3.63) is 47.8 Å². The second-order valence-electron chi connectivity index (χ2n) is 4.17. The maximum absolute atomic E-state index is 13.3. The van der Waals surface area contributed by atoms with Crippen molar-refractivity contribution in [3.8, 4) is 17.2 Å². The fourth-order valence-electron chi connectivity index (χ4n) is 1.84. The lowest BCUT2D eigenvalue weighted by atomic mass is 10.1. The summed E-state index contributed by atoms with van der Waals surface area (Å²) in [5, 5.41) is 13.1. The third-order valence-corrected chi connectivity index (χ3v) is 2.94. The smallest absolute Gasteiger partial charge is 0.165 e. The Morgan fingerprint density at radius 3 is 2.55 bits per heavy atom. The van der Waals surface area contributed by atoms with Crippen molar-refractivity contribution in [2.45, 2.75) is 6.54 Å². The van der Waals surface area contributed by atoms with E-state index in [9.17, 15) is 9.50 Å². The van der Waals surface area contributed by atoms with Gasteiger partial charge >= 0.3 is 0 Å². The zero-order valence-corrected chi connectivity index (χ0v) is 11.3. The number of hydrogen-bond acceptors (Lipinski definition) is 4. The van der Waals surface area contributed by atoms with Gasteiger partial charge in [0.2, 0.25) is 0 Å². The number of halogens is 1. The summed E-state index contributed by atoms with van der Waals surface area (Å²) in [5.74, 6) is 0.268. The minimum absolute atomic E-state index is 0.0941. The van der Waals surface area contributed by atoms with Gasteiger partial charge in [0.05, 0.1) is 14.2 Å². The second-order valence-corrected chi connectivity index (χ2v) is 4.17. The van der Waals surface area contributed by atoms with Crippen LogP contribution in [0.25, 0.3) is 0 Å². The molecule has 0 saturated carbocycles. The Bertz CT molecular complexity index is 602. The lowest BCUT2D eigenvalue weighted by Crippen LogP contribution is -2.01. The molecular formula is C15H16FNO3. The quantitative estimate of drug-likeness (QED) is 0.881. The Labute approximate surface area is 116 Å². The molecule has 0 spiro atoms. The Morgan fingerprint density at radius 1 is 1.10 bits per heavy atom. The van der Waals surface area contributed by atoms with Crippen molar-refractivity contribution >= 4 is 5.69 Å². The molecule has 106 valence electrons. The molecule has 20 heavy (non-hydrogen) atoms. The highest BCUT2D eigenvalue weighted by Gasteiger charge is 2.08. The summed E-state index contributed by atoms with van der Waals surface area (Å²) in [6.07, 6.45) is 0. The largest absolute Gasteiger partial charge is 0.504 e. The molecule has 0 aliphatic heterocycles. The third kappa shape index (κ3) is 2.93. The van der Waals surface area contributed by atoms with E-state index in [2.05, 4.69) is 5.32 Å². The van der Waals surface area contributed by atoms with Gasteiger partial charge in [-0.2, -0.15) is 0 Å². The molecule has 0 bridgehead atoms. The van der Waals surface area contributed by atoms with E-state index >= 15 is 0 Å².